The normalized spacial score (nSPS) is 10.3. The molecule has 0 aliphatic rings. The highest BCUT2D eigenvalue weighted by Gasteiger charge is 2.07. The van der Waals surface area contributed by atoms with Crippen LogP contribution >= 0.6 is 11.6 Å². The fraction of sp³-hybridized carbons (Fsp3) is 0.200. The van der Waals surface area contributed by atoms with Gasteiger partial charge in [0.15, 0.2) is 0 Å². The maximum Gasteiger partial charge on any atom is 0.146 e. The summed E-state index contributed by atoms with van der Waals surface area (Å²) in [6.45, 7) is 2.58. The summed E-state index contributed by atoms with van der Waals surface area (Å²) in [5, 5.41) is 0.206. The summed E-state index contributed by atoms with van der Waals surface area (Å²) in [5.74, 6) is 1.05. The molecule has 0 amide bonds. The van der Waals surface area contributed by atoms with E-state index in [1.165, 1.54) is 18.2 Å². The Morgan fingerprint density at radius 3 is 2.65 bits per heavy atom. The van der Waals surface area contributed by atoms with Gasteiger partial charge in [-0.2, -0.15) is 0 Å². The summed E-state index contributed by atoms with van der Waals surface area (Å²) in [6.07, 6.45) is 0.883. The zero-order chi connectivity index (χ0) is 14.5. The Morgan fingerprint density at radius 1 is 1.15 bits per heavy atom. The molecule has 2 rings (SSSR count). The first-order valence-electron chi connectivity index (χ1n) is 6.25. The van der Waals surface area contributed by atoms with Crippen LogP contribution in [0.4, 0.5) is 10.1 Å². The number of rotatable bonds is 5. The summed E-state index contributed by atoms with van der Waals surface area (Å²) in [5.41, 5.74) is 6.36. The standard InChI is InChI=1S/C15H15ClFNO2/c1-2-7-19-15-9-11(4-5-13(15)18)20-14-6-3-10(17)8-12(14)16/h3-6,8-9H,2,7,18H2,1H3. The van der Waals surface area contributed by atoms with Crippen LogP contribution in [0.25, 0.3) is 0 Å². The molecule has 2 aromatic rings. The predicted octanol–water partition coefficient (Wildman–Crippen LogP) is 4.64. The molecular formula is C15H15ClFNO2. The van der Waals surface area contributed by atoms with Gasteiger partial charge in [0.1, 0.15) is 23.1 Å². The van der Waals surface area contributed by atoms with E-state index in [2.05, 4.69) is 0 Å². The van der Waals surface area contributed by atoms with Crippen molar-refractivity contribution >= 4 is 17.3 Å². The van der Waals surface area contributed by atoms with Crippen molar-refractivity contribution in [3.8, 4) is 17.2 Å². The van der Waals surface area contributed by atoms with Crippen LogP contribution < -0.4 is 15.2 Å². The summed E-state index contributed by atoms with van der Waals surface area (Å²) < 4.78 is 24.1. The summed E-state index contributed by atoms with van der Waals surface area (Å²) in [4.78, 5) is 0. The number of nitrogen functional groups attached to an aromatic ring is 1. The molecule has 0 fully saturated rings. The Morgan fingerprint density at radius 2 is 1.95 bits per heavy atom. The molecule has 3 nitrogen and oxygen atoms in total. The van der Waals surface area contributed by atoms with Crippen molar-refractivity contribution in [3.05, 3.63) is 47.2 Å². The lowest BCUT2D eigenvalue weighted by atomic mass is 10.2. The zero-order valence-corrected chi connectivity index (χ0v) is 11.8. The molecule has 0 bridgehead atoms. The SMILES string of the molecule is CCCOc1cc(Oc2ccc(F)cc2Cl)ccc1N. The van der Waals surface area contributed by atoms with Crippen LogP contribution in [0.3, 0.4) is 0 Å². The average molecular weight is 296 g/mol. The van der Waals surface area contributed by atoms with Gasteiger partial charge in [-0.25, -0.2) is 4.39 Å². The number of ether oxygens (including phenoxy) is 2. The monoisotopic (exact) mass is 295 g/mol. The molecular weight excluding hydrogens is 281 g/mol. The molecule has 0 unspecified atom stereocenters. The van der Waals surface area contributed by atoms with Gasteiger partial charge in [-0.05, 0) is 36.8 Å². The second-order valence-corrected chi connectivity index (χ2v) is 4.63. The van der Waals surface area contributed by atoms with Crippen molar-refractivity contribution in [1.29, 1.82) is 0 Å². The van der Waals surface area contributed by atoms with E-state index in [4.69, 9.17) is 26.8 Å². The molecule has 0 atom stereocenters. The Labute approximate surface area is 122 Å². The first-order valence-corrected chi connectivity index (χ1v) is 6.63. The van der Waals surface area contributed by atoms with Gasteiger partial charge in [0.2, 0.25) is 0 Å². The van der Waals surface area contributed by atoms with E-state index >= 15 is 0 Å². The molecule has 106 valence electrons. The minimum Gasteiger partial charge on any atom is -0.491 e. The molecule has 0 aromatic heterocycles. The Hall–Kier alpha value is -1.94. The number of nitrogens with two attached hydrogens (primary N) is 1. The first-order chi connectivity index (χ1) is 9.60. The summed E-state index contributed by atoms with van der Waals surface area (Å²) in [6, 6.07) is 9.03. The van der Waals surface area contributed by atoms with Crippen molar-refractivity contribution in [1.82, 2.24) is 0 Å². The van der Waals surface area contributed by atoms with Gasteiger partial charge in [-0.3, -0.25) is 0 Å². The first kappa shape index (κ1) is 14.5. The lowest BCUT2D eigenvalue weighted by Gasteiger charge is -2.11. The average Bonchev–Trinajstić information content (AvgIpc) is 2.42. The minimum atomic E-state index is -0.411. The third kappa shape index (κ3) is 3.54. The van der Waals surface area contributed by atoms with Gasteiger partial charge in [0, 0.05) is 6.07 Å². The number of halogens is 2. The second-order valence-electron chi connectivity index (χ2n) is 4.22. The number of hydrogen-bond acceptors (Lipinski definition) is 3. The van der Waals surface area contributed by atoms with Gasteiger partial charge in [-0.1, -0.05) is 18.5 Å². The molecule has 0 radical (unpaired) electrons. The molecule has 5 heteroatoms. The molecule has 0 heterocycles. The van der Waals surface area contributed by atoms with Gasteiger partial charge in [0.25, 0.3) is 0 Å². The second kappa shape index (κ2) is 6.48. The summed E-state index contributed by atoms with van der Waals surface area (Å²) >= 11 is 5.91. The Balaban J connectivity index is 2.20. The Bertz CT molecular complexity index is 604. The van der Waals surface area contributed by atoms with Crippen LogP contribution in [0.2, 0.25) is 5.02 Å². The molecule has 0 spiro atoms. The molecule has 0 aliphatic heterocycles. The number of anilines is 1. The third-order valence-corrected chi connectivity index (χ3v) is 2.86. The molecule has 2 N–H and O–H groups in total. The van der Waals surface area contributed by atoms with Gasteiger partial charge < -0.3 is 15.2 Å². The van der Waals surface area contributed by atoms with Crippen LogP contribution in [-0.2, 0) is 0 Å². The van der Waals surface area contributed by atoms with Crippen molar-refractivity contribution in [2.24, 2.45) is 0 Å². The van der Waals surface area contributed by atoms with Crippen molar-refractivity contribution in [2.45, 2.75) is 13.3 Å². The third-order valence-electron chi connectivity index (χ3n) is 2.57. The van der Waals surface area contributed by atoms with E-state index in [1.807, 2.05) is 6.92 Å². The fourth-order valence-corrected chi connectivity index (χ4v) is 1.81. The van der Waals surface area contributed by atoms with Crippen molar-refractivity contribution in [3.63, 3.8) is 0 Å². The largest absolute Gasteiger partial charge is 0.491 e. The highest BCUT2D eigenvalue weighted by atomic mass is 35.5. The van der Waals surface area contributed by atoms with E-state index < -0.39 is 5.82 Å². The van der Waals surface area contributed by atoms with E-state index in [0.717, 1.165) is 6.42 Å². The zero-order valence-electron chi connectivity index (χ0n) is 11.0. The molecule has 20 heavy (non-hydrogen) atoms. The van der Waals surface area contributed by atoms with E-state index in [0.29, 0.717) is 29.5 Å². The highest BCUT2D eigenvalue weighted by Crippen LogP contribution is 2.33. The Kier molecular flexibility index (Phi) is 4.69. The van der Waals surface area contributed by atoms with Gasteiger partial charge >= 0.3 is 0 Å². The van der Waals surface area contributed by atoms with Crippen molar-refractivity contribution < 1.29 is 13.9 Å². The molecule has 0 saturated carbocycles. The topological polar surface area (TPSA) is 44.5 Å². The number of benzene rings is 2. The maximum absolute atomic E-state index is 13.0. The quantitative estimate of drug-likeness (QED) is 0.817. The van der Waals surface area contributed by atoms with Crippen LogP contribution in [-0.4, -0.2) is 6.61 Å². The van der Waals surface area contributed by atoms with E-state index in [9.17, 15) is 4.39 Å². The smallest absolute Gasteiger partial charge is 0.146 e. The van der Waals surface area contributed by atoms with Gasteiger partial charge in [-0.15, -0.1) is 0 Å². The predicted molar refractivity (Wildman–Crippen MR) is 78.1 cm³/mol. The fourth-order valence-electron chi connectivity index (χ4n) is 1.60. The molecule has 0 aliphatic carbocycles. The van der Waals surface area contributed by atoms with E-state index in [-0.39, 0.29) is 5.02 Å². The minimum absolute atomic E-state index is 0.206. The lowest BCUT2D eigenvalue weighted by molar-refractivity contribution is 0.317. The van der Waals surface area contributed by atoms with Crippen molar-refractivity contribution in [2.75, 3.05) is 12.3 Å². The van der Waals surface area contributed by atoms with Crippen LogP contribution in [0.1, 0.15) is 13.3 Å². The summed E-state index contributed by atoms with van der Waals surface area (Å²) in [7, 11) is 0. The number of hydrogen-bond donors (Lipinski definition) is 1. The maximum atomic E-state index is 13.0. The van der Waals surface area contributed by atoms with E-state index in [1.54, 1.807) is 18.2 Å². The van der Waals surface area contributed by atoms with Crippen LogP contribution in [0.5, 0.6) is 17.2 Å². The lowest BCUT2D eigenvalue weighted by Crippen LogP contribution is -1.99. The highest BCUT2D eigenvalue weighted by molar-refractivity contribution is 6.32. The van der Waals surface area contributed by atoms with Crippen LogP contribution in [0, 0.1) is 5.82 Å². The van der Waals surface area contributed by atoms with Crippen LogP contribution in [0.15, 0.2) is 36.4 Å². The molecule has 0 saturated heterocycles. The molecule has 2 aromatic carbocycles. The van der Waals surface area contributed by atoms with Gasteiger partial charge in [0.05, 0.1) is 17.3 Å².